The van der Waals surface area contributed by atoms with Crippen molar-refractivity contribution in [2.45, 2.75) is 19.8 Å². The highest BCUT2D eigenvalue weighted by Gasteiger charge is 2.10. The topological polar surface area (TPSA) is 51.0 Å². The Balaban J connectivity index is 2.05. The number of aromatic nitrogens is 2. The molecule has 2 heterocycles. The highest BCUT2D eigenvalue weighted by molar-refractivity contribution is 7.13. The minimum atomic E-state index is 0.804. The molecule has 0 saturated carbocycles. The fraction of sp³-hybridized carbons (Fsp3) is 0.455. The van der Waals surface area contributed by atoms with Crippen molar-refractivity contribution in [3.05, 3.63) is 23.3 Å². The smallest absolute Gasteiger partial charge is 0.194 e. The van der Waals surface area contributed by atoms with Crippen molar-refractivity contribution >= 4 is 11.3 Å². The molecule has 0 amide bonds. The highest BCUT2D eigenvalue weighted by Crippen LogP contribution is 2.27. The fourth-order valence-corrected chi connectivity index (χ4v) is 2.24. The summed E-state index contributed by atoms with van der Waals surface area (Å²) in [6.07, 6.45) is 3.70. The second kappa shape index (κ2) is 5.23. The Bertz CT molecular complexity index is 450. The number of hydrogen-bond acceptors (Lipinski definition) is 5. The van der Waals surface area contributed by atoms with Gasteiger partial charge < -0.3 is 9.73 Å². The lowest BCUT2D eigenvalue weighted by Crippen LogP contribution is -2.08. The second-order valence-electron chi connectivity index (χ2n) is 3.59. The molecule has 86 valence electrons. The minimum absolute atomic E-state index is 0.804. The molecular formula is C11H15N3OS. The molecule has 0 radical (unpaired) electrons. The van der Waals surface area contributed by atoms with Gasteiger partial charge in [0, 0.05) is 6.42 Å². The molecule has 0 atom stereocenters. The van der Waals surface area contributed by atoms with Crippen LogP contribution in [-0.4, -0.2) is 23.6 Å². The molecule has 0 fully saturated rings. The van der Waals surface area contributed by atoms with Crippen molar-refractivity contribution in [2.75, 3.05) is 13.6 Å². The van der Waals surface area contributed by atoms with Crippen LogP contribution in [0.3, 0.4) is 0 Å². The van der Waals surface area contributed by atoms with Crippen LogP contribution in [0.1, 0.15) is 18.0 Å². The van der Waals surface area contributed by atoms with Crippen molar-refractivity contribution < 1.29 is 4.42 Å². The Kier molecular flexibility index (Phi) is 3.69. The molecule has 0 saturated heterocycles. The van der Waals surface area contributed by atoms with Gasteiger partial charge in [0.05, 0.1) is 22.3 Å². The third-order valence-electron chi connectivity index (χ3n) is 2.34. The van der Waals surface area contributed by atoms with Gasteiger partial charge in [-0.15, -0.1) is 11.3 Å². The molecule has 0 aromatic carbocycles. The zero-order valence-electron chi connectivity index (χ0n) is 9.49. The molecule has 16 heavy (non-hydrogen) atoms. The monoisotopic (exact) mass is 237 g/mol. The number of oxazole rings is 1. The van der Waals surface area contributed by atoms with Crippen molar-refractivity contribution in [1.29, 1.82) is 0 Å². The maximum absolute atomic E-state index is 5.69. The summed E-state index contributed by atoms with van der Waals surface area (Å²) < 4.78 is 5.69. The second-order valence-corrected chi connectivity index (χ2v) is 4.45. The molecule has 2 aromatic rings. The van der Waals surface area contributed by atoms with E-state index in [1.165, 1.54) is 0 Å². The van der Waals surface area contributed by atoms with Crippen LogP contribution in [-0.2, 0) is 6.42 Å². The van der Waals surface area contributed by atoms with Crippen LogP contribution in [0.4, 0.5) is 0 Å². The summed E-state index contributed by atoms with van der Waals surface area (Å²) in [5, 5.41) is 3.10. The van der Waals surface area contributed by atoms with Gasteiger partial charge in [0.2, 0.25) is 0 Å². The molecule has 5 heteroatoms. The molecule has 0 aliphatic heterocycles. The van der Waals surface area contributed by atoms with E-state index in [-0.39, 0.29) is 0 Å². The van der Waals surface area contributed by atoms with Gasteiger partial charge in [-0.2, -0.15) is 0 Å². The molecule has 4 nitrogen and oxygen atoms in total. The number of nitrogens with zero attached hydrogens (tertiary/aromatic N) is 2. The molecule has 0 unspecified atom stereocenters. The Morgan fingerprint density at radius 3 is 3.00 bits per heavy atom. The summed E-state index contributed by atoms with van der Waals surface area (Å²) >= 11 is 1.59. The highest BCUT2D eigenvalue weighted by atomic mass is 32.1. The molecule has 1 N–H and O–H groups in total. The van der Waals surface area contributed by atoms with Gasteiger partial charge in [-0.05, 0) is 26.9 Å². The predicted octanol–water partition coefficient (Wildman–Crippen LogP) is 2.26. The van der Waals surface area contributed by atoms with E-state index in [4.69, 9.17) is 4.42 Å². The van der Waals surface area contributed by atoms with Crippen LogP contribution in [0, 0.1) is 6.92 Å². The summed E-state index contributed by atoms with van der Waals surface area (Å²) in [5.41, 5.74) is 2.83. The number of rotatable bonds is 5. The Labute approximate surface area is 98.7 Å². The van der Waals surface area contributed by atoms with E-state index in [1.807, 2.05) is 19.5 Å². The molecule has 0 bridgehead atoms. The Morgan fingerprint density at radius 2 is 2.31 bits per heavy atom. The van der Waals surface area contributed by atoms with E-state index in [1.54, 1.807) is 17.5 Å². The van der Waals surface area contributed by atoms with Gasteiger partial charge in [0.25, 0.3) is 0 Å². The first-order valence-corrected chi connectivity index (χ1v) is 6.19. The molecule has 2 rings (SSSR count). The van der Waals surface area contributed by atoms with Crippen LogP contribution in [0.2, 0.25) is 0 Å². The van der Waals surface area contributed by atoms with Crippen molar-refractivity contribution in [3.8, 4) is 10.6 Å². The standard InChI is InChI=1S/C11H15N3OS/c1-8-11(16-7-14-8)9-6-13-10(15-9)4-3-5-12-2/h6-7,12H,3-5H2,1-2H3. The number of thiazole rings is 1. The van der Waals surface area contributed by atoms with E-state index in [0.29, 0.717) is 0 Å². The molecule has 0 spiro atoms. The predicted molar refractivity (Wildman–Crippen MR) is 64.6 cm³/mol. The van der Waals surface area contributed by atoms with Crippen LogP contribution in [0.5, 0.6) is 0 Å². The third-order valence-corrected chi connectivity index (χ3v) is 3.28. The van der Waals surface area contributed by atoms with E-state index in [2.05, 4.69) is 15.3 Å². The molecular weight excluding hydrogens is 222 g/mol. The average Bonchev–Trinajstić information content (AvgIpc) is 2.87. The zero-order valence-corrected chi connectivity index (χ0v) is 10.3. The largest absolute Gasteiger partial charge is 0.440 e. The quantitative estimate of drug-likeness (QED) is 0.810. The van der Waals surface area contributed by atoms with Crippen molar-refractivity contribution in [2.24, 2.45) is 0 Å². The first-order valence-electron chi connectivity index (χ1n) is 5.31. The normalized spacial score (nSPS) is 10.9. The van der Waals surface area contributed by atoms with Crippen molar-refractivity contribution in [1.82, 2.24) is 15.3 Å². The van der Waals surface area contributed by atoms with Crippen LogP contribution < -0.4 is 5.32 Å². The van der Waals surface area contributed by atoms with E-state index >= 15 is 0 Å². The van der Waals surface area contributed by atoms with Crippen LogP contribution in [0.15, 0.2) is 16.1 Å². The van der Waals surface area contributed by atoms with E-state index in [0.717, 1.165) is 41.6 Å². The van der Waals surface area contributed by atoms with Gasteiger partial charge in [0.15, 0.2) is 11.7 Å². The number of aryl methyl sites for hydroxylation is 2. The van der Waals surface area contributed by atoms with Gasteiger partial charge in [-0.1, -0.05) is 0 Å². The lowest BCUT2D eigenvalue weighted by atomic mass is 10.3. The maximum atomic E-state index is 5.69. The zero-order chi connectivity index (χ0) is 11.4. The minimum Gasteiger partial charge on any atom is -0.440 e. The molecule has 0 aliphatic rings. The average molecular weight is 237 g/mol. The lowest BCUT2D eigenvalue weighted by Gasteiger charge is -1.95. The lowest BCUT2D eigenvalue weighted by molar-refractivity contribution is 0.496. The SMILES string of the molecule is CNCCCc1ncc(-c2scnc2C)o1. The summed E-state index contributed by atoms with van der Waals surface area (Å²) in [7, 11) is 1.95. The summed E-state index contributed by atoms with van der Waals surface area (Å²) in [6, 6.07) is 0. The first kappa shape index (κ1) is 11.3. The Morgan fingerprint density at radius 1 is 1.44 bits per heavy atom. The van der Waals surface area contributed by atoms with Gasteiger partial charge in [-0.3, -0.25) is 0 Å². The van der Waals surface area contributed by atoms with Gasteiger partial charge in [0.1, 0.15) is 0 Å². The third kappa shape index (κ3) is 2.48. The van der Waals surface area contributed by atoms with E-state index < -0.39 is 0 Å². The summed E-state index contributed by atoms with van der Waals surface area (Å²) in [6.45, 7) is 2.96. The molecule has 2 aromatic heterocycles. The number of hydrogen-bond donors (Lipinski definition) is 1. The summed E-state index contributed by atoms with van der Waals surface area (Å²) in [4.78, 5) is 9.54. The Hall–Kier alpha value is -1.20. The van der Waals surface area contributed by atoms with Gasteiger partial charge >= 0.3 is 0 Å². The maximum Gasteiger partial charge on any atom is 0.194 e. The summed E-state index contributed by atoms with van der Waals surface area (Å²) in [5.74, 6) is 1.64. The number of nitrogens with one attached hydrogen (secondary N) is 1. The van der Waals surface area contributed by atoms with Crippen molar-refractivity contribution in [3.63, 3.8) is 0 Å². The fourth-order valence-electron chi connectivity index (χ4n) is 1.49. The van der Waals surface area contributed by atoms with E-state index in [9.17, 15) is 0 Å². The van der Waals surface area contributed by atoms with Crippen LogP contribution >= 0.6 is 11.3 Å². The van der Waals surface area contributed by atoms with Gasteiger partial charge in [-0.25, -0.2) is 9.97 Å². The van der Waals surface area contributed by atoms with Crippen LogP contribution in [0.25, 0.3) is 10.6 Å². The molecule has 0 aliphatic carbocycles. The first-order chi connectivity index (χ1) is 7.81.